The average Bonchev–Trinajstić information content (AvgIpc) is 3.07. The van der Waals surface area contributed by atoms with E-state index < -0.39 is 53.7 Å². The number of carbonyl (C=O) groups excluding carboxylic acids is 4. The van der Waals surface area contributed by atoms with Gasteiger partial charge in [-0.2, -0.15) is 0 Å². The van der Waals surface area contributed by atoms with Crippen molar-refractivity contribution < 1.29 is 42.9 Å². The molecule has 1 aliphatic rings. The fourth-order valence-electron chi connectivity index (χ4n) is 4.64. The van der Waals surface area contributed by atoms with Gasteiger partial charge in [-0.05, 0) is 48.5 Å². The summed E-state index contributed by atoms with van der Waals surface area (Å²) in [7, 11) is 0. The zero-order chi connectivity index (χ0) is 31.6. The fraction of sp³-hybridized carbons (Fsp3) is 0.200. The van der Waals surface area contributed by atoms with Gasteiger partial charge in [0.1, 0.15) is 18.1 Å². The van der Waals surface area contributed by atoms with E-state index in [-0.39, 0.29) is 23.3 Å². The minimum absolute atomic E-state index is 0.231. The van der Waals surface area contributed by atoms with Crippen molar-refractivity contribution in [1.29, 1.82) is 0 Å². The van der Waals surface area contributed by atoms with E-state index in [4.69, 9.17) is 23.7 Å². The van der Waals surface area contributed by atoms with Crippen LogP contribution in [0.15, 0.2) is 126 Å². The Balaban J connectivity index is 1.57. The molecule has 9 nitrogen and oxygen atoms in total. The van der Waals surface area contributed by atoms with Gasteiger partial charge in [-0.15, -0.1) is 0 Å². The molecule has 0 amide bonds. The molecule has 0 N–H and O–H groups in total. The van der Waals surface area contributed by atoms with Crippen LogP contribution >= 0.6 is 11.8 Å². The summed E-state index contributed by atoms with van der Waals surface area (Å²) in [6.07, 6.45) is -5.07. The number of hydrogen-bond acceptors (Lipinski definition) is 10. The molecule has 2 unspecified atom stereocenters. The SMILES string of the molecule is CC(=O)OCC1O[C@@H](Sc2ccccc2)[C@@H](OC(=O)c2ccccc2)C(OC(=O)c2ccccc2)[C@H]1OC(=O)c1ccccc1. The molecule has 0 aliphatic carbocycles. The highest BCUT2D eigenvalue weighted by Gasteiger charge is 2.53. The Morgan fingerprint density at radius 1 is 0.578 bits per heavy atom. The molecule has 0 bridgehead atoms. The molecule has 0 saturated carbocycles. The van der Waals surface area contributed by atoms with Gasteiger partial charge in [0.05, 0.1) is 16.7 Å². The minimum atomic E-state index is -1.37. The van der Waals surface area contributed by atoms with Crippen LogP contribution in [0.2, 0.25) is 0 Å². The first kappa shape index (κ1) is 31.5. The van der Waals surface area contributed by atoms with Crippen molar-refractivity contribution in [3.05, 3.63) is 138 Å². The van der Waals surface area contributed by atoms with E-state index in [1.165, 1.54) is 18.7 Å². The van der Waals surface area contributed by atoms with Crippen molar-refractivity contribution in [3.8, 4) is 0 Å². The van der Waals surface area contributed by atoms with Crippen LogP contribution in [-0.4, -0.2) is 60.3 Å². The van der Waals surface area contributed by atoms with Crippen molar-refractivity contribution >= 4 is 35.6 Å². The van der Waals surface area contributed by atoms with Crippen LogP contribution in [0.1, 0.15) is 38.0 Å². The highest BCUT2D eigenvalue weighted by Crippen LogP contribution is 2.38. The van der Waals surface area contributed by atoms with Gasteiger partial charge in [0.15, 0.2) is 18.3 Å². The van der Waals surface area contributed by atoms with Crippen LogP contribution in [0.25, 0.3) is 0 Å². The zero-order valence-corrected chi connectivity index (χ0v) is 25.0. The van der Waals surface area contributed by atoms with Gasteiger partial charge >= 0.3 is 23.9 Å². The highest BCUT2D eigenvalue weighted by atomic mass is 32.2. The summed E-state index contributed by atoms with van der Waals surface area (Å²) in [6.45, 7) is 0.911. The maximum absolute atomic E-state index is 13.5. The Kier molecular flexibility index (Phi) is 10.6. The molecule has 4 aromatic rings. The van der Waals surface area contributed by atoms with E-state index in [0.29, 0.717) is 0 Å². The lowest BCUT2D eigenvalue weighted by Gasteiger charge is -2.44. The Hall–Kier alpha value is -4.93. The lowest BCUT2D eigenvalue weighted by Crippen LogP contribution is -2.61. The zero-order valence-electron chi connectivity index (χ0n) is 24.2. The summed E-state index contributed by atoms with van der Waals surface area (Å²) in [4.78, 5) is 53.0. The van der Waals surface area contributed by atoms with E-state index in [2.05, 4.69) is 0 Å². The molecule has 1 saturated heterocycles. The van der Waals surface area contributed by atoms with E-state index in [9.17, 15) is 19.2 Å². The molecule has 1 fully saturated rings. The molecule has 5 atom stereocenters. The first-order valence-corrected chi connectivity index (χ1v) is 15.1. The van der Waals surface area contributed by atoms with Crippen LogP contribution in [-0.2, 0) is 28.5 Å². The second-order valence-electron chi connectivity index (χ2n) is 9.98. The third-order valence-electron chi connectivity index (χ3n) is 6.80. The number of rotatable bonds is 10. The van der Waals surface area contributed by atoms with Crippen molar-refractivity contribution in [2.75, 3.05) is 6.61 Å². The van der Waals surface area contributed by atoms with Crippen molar-refractivity contribution in [2.45, 2.75) is 41.7 Å². The van der Waals surface area contributed by atoms with Gasteiger partial charge in [0.2, 0.25) is 0 Å². The molecular weight excluding hydrogens is 596 g/mol. The Morgan fingerprint density at radius 3 is 1.42 bits per heavy atom. The quantitative estimate of drug-likeness (QED) is 0.159. The topological polar surface area (TPSA) is 114 Å². The molecule has 5 rings (SSSR count). The third-order valence-corrected chi connectivity index (χ3v) is 7.95. The number of ether oxygens (including phenoxy) is 5. The van der Waals surface area contributed by atoms with Gasteiger partial charge in [-0.1, -0.05) is 84.6 Å². The number of hydrogen-bond donors (Lipinski definition) is 0. The van der Waals surface area contributed by atoms with Gasteiger partial charge < -0.3 is 23.7 Å². The number of thioether (sulfide) groups is 1. The van der Waals surface area contributed by atoms with Crippen LogP contribution < -0.4 is 0 Å². The van der Waals surface area contributed by atoms with Crippen LogP contribution in [0, 0.1) is 0 Å². The standard InChI is InChI=1S/C35H30O9S/c1-23(36)40-22-28-29(42-32(37)24-14-6-2-7-15-24)30(43-33(38)25-16-8-3-9-17-25)31(44-34(39)26-18-10-4-11-19-26)35(41-28)45-27-20-12-5-13-21-27/h2-21,28-31,35H,22H2,1H3/t28?,29-,30?,31-,35-/m0/s1. The normalized spacial score (nSPS) is 20.8. The molecule has 0 aromatic heterocycles. The molecule has 4 aromatic carbocycles. The van der Waals surface area contributed by atoms with Crippen LogP contribution in [0.5, 0.6) is 0 Å². The second-order valence-corrected chi connectivity index (χ2v) is 11.2. The smallest absolute Gasteiger partial charge is 0.338 e. The summed E-state index contributed by atoms with van der Waals surface area (Å²) < 4.78 is 29.8. The summed E-state index contributed by atoms with van der Waals surface area (Å²) in [6, 6.07) is 34.0. The summed E-state index contributed by atoms with van der Waals surface area (Å²) in [5.74, 6) is -2.76. The molecule has 230 valence electrons. The van der Waals surface area contributed by atoms with Gasteiger partial charge in [-0.3, -0.25) is 4.79 Å². The Morgan fingerprint density at radius 2 is 0.978 bits per heavy atom. The van der Waals surface area contributed by atoms with Crippen LogP contribution in [0.4, 0.5) is 0 Å². The second kappa shape index (κ2) is 15.2. The van der Waals surface area contributed by atoms with Crippen molar-refractivity contribution in [3.63, 3.8) is 0 Å². The first-order chi connectivity index (χ1) is 21.9. The first-order valence-electron chi connectivity index (χ1n) is 14.2. The number of benzene rings is 4. The third kappa shape index (κ3) is 8.37. The molecule has 1 aliphatic heterocycles. The Bertz CT molecular complexity index is 1580. The maximum Gasteiger partial charge on any atom is 0.338 e. The predicted molar refractivity (Wildman–Crippen MR) is 165 cm³/mol. The van der Waals surface area contributed by atoms with E-state index in [0.717, 1.165) is 4.90 Å². The summed E-state index contributed by atoms with van der Waals surface area (Å²) in [5, 5.41) is 0. The molecular formula is C35H30O9S. The molecule has 10 heteroatoms. The fourth-order valence-corrected chi connectivity index (χ4v) is 5.76. The number of carbonyl (C=O) groups is 4. The van der Waals surface area contributed by atoms with E-state index in [1.54, 1.807) is 91.0 Å². The van der Waals surface area contributed by atoms with Gasteiger partial charge in [0, 0.05) is 11.8 Å². The highest BCUT2D eigenvalue weighted by molar-refractivity contribution is 7.99. The molecule has 0 spiro atoms. The Labute approximate surface area is 264 Å². The summed E-state index contributed by atoms with van der Waals surface area (Å²) >= 11 is 1.22. The van der Waals surface area contributed by atoms with Crippen molar-refractivity contribution in [2.24, 2.45) is 0 Å². The lowest BCUT2D eigenvalue weighted by atomic mass is 9.98. The predicted octanol–water partition coefficient (Wildman–Crippen LogP) is 5.74. The maximum atomic E-state index is 13.5. The molecule has 0 radical (unpaired) electrons. The largest absolute Gasteiger partial charge is 0.463 e. The minimum Gasteiger partial charge on any atom is -0.463 e. The average molecular weight is 627 g/mol. The monoisotopic (exact) mass is 626 g/mol. The van der Waals surface area contributed by atoms with Gasteiger partial charge in [0.25, 0.3) is 0 Å². The van der Waals surface area contributed by atoms with Gasteiger partial charge in [-0.25, -0.2) is 14.4 Å². The number of esters is 4. The van der Waals surface area contributed by atoms with E-state index >= 15 is 0 Å². The van der Waals surface area contributed by atoms with Crippen molar-refractivity contribution in [1.82, 2.24) is 0 Å². The van der Waals surface area contributed by atoms with Crippen LogP contribution in [0.3, 0.4) is 0 Å². The summed E-state index contributed by atoms with van der Waals surface area (Å²) in [5.41, 5.74) is -0.251. The molecule has 45 heavy (non-hydrogen) atoms. The lowest BCUT2D eigenvalue weighted by molar-refractivity contribution is -0.211. The van der Waals surface area contributed by atoms with E-state index in [1.807, 2.05) is 30.3 Å². The molecule has 1 heterocycles.